The van der Waals surface area contributed by atoms with Crippen LogP contribution < -0.4 is 5.32 Å². The lowest BCUT2D eigenvalue weighted by Gasteiger charge is -2.36. The zero-order valence-corrected chi connectivity index (χ0v) is 12.9. The Balaban J connectivity index is 1.74. The van der Waals surface area contributed by atoms with Gasteiger partial charge in [-0.15, -0.1) is 11.3 Å². The molecule has 0 atom stereocenters. The van der Waals surface area contributed by atoms with Gasteiger partial charge in [0, 0.05) is 4.88 Å². The Morgan fingerprint density at radius 2 is 1.95 bits per heavy atom. The number of aliphatic carboxylic acids is 1. The SMILES string of the molecule is O=C(O)CC1(NC(=O)c2cc3c(s2)CCC3)CCCCC1. The van der Waals surface area contributed by atoms with Crippen molar-refractivity contribution >= 4 is 23.2 Å². The Morgan fingerprint density at radius 3 is 2.62 bits per heavy atom. The average Bonchev–Trinajstić information content (AvgIpc) is 2.99. The molecule has 0 spiro atoms. The molecule has 3 rings (SSSR count). The Bertz CT molecular complexity index is 536. The number of fused-ring (bicyclic) bond motifs is 1. The van der Waals surface area contributed by atoms with Crippen molar-refractivity contribution in [1.82, 2.24) is 5.32 Å². The fraction of sp³-hybridized carbons (Fsp3) is 0.625. The van der Waals surface area contributed by atoms with Gasteiger partial charge in [0.15, 0.2) is 0 Å². The lowest BCUT2D eigenvalue weighted by molar-refractivity contribution is -0.139. The molecule has 0 bridgehead atoms. The van der Waals surface area contributed by atoms with E-state index in [0.29, 0.717) is 0 Å². The molecule has 0 unspecified atom stereocenters. The number of thiophene rings is 1. The van der Waals surface area contributed by atoms with E-state index in [-0.39, 0.29) is 12.3 Å². The minimum absolute atomic E-state index is 0.0316. The molecule has 2 aliphatic carbocycles. The first kappa shape index (κ1) is 14.6. The summed E-state index contributed by atoms with van der Waals surface area (Å²) in [6, 6.07) is 2.00. The molecule has 1 amide bonds. The van der Waals surface area contributed by atoms with Crippen molar-refractivity contribution in [2.75, 3.05) is 0 Å². The van der Waals surface area contributed by atoms with Gasteiger partial charge in [-0.25, -0.2) is 0 Å². The Morgan fingerprint density at radius 1 is 1.19 bits per heavy atom. The van der Waals surface area contributed by atoms with Gasteiger partial charge in [-0.1, -0.05) is 19.3 Å². The quantitative estimate of drug-likeness (QED) is 0.898. The van der Waals surface area contributed by atoms with Crippen LogP contribution in [0.25, 0.3) is 0 Å². The third-order valence-corrected chi connectivity index (χ3v) is 5.89. The molecule has 5 heteroatoms. The van der Waals surface area contributed by atoms with Crippen LogP contribution in [-0.4, -0.2) is 22.5 Å². The van der Waals surface area contributed by atoms with E-state index in [1.165, 1.54) is 16.9 Å². The molecule has 0 saturated heterocycles. The molecule has 0 radical (unpaired) electrons. The summed E-state index contributed by atoms with van der Waals surface area (Å²) in [6.45, 7) is 0. The fourth-order valence-corrected chi connectivity index (χ4v) is 4.76. The van der Waals surface area contributed by atoms with Crippen LogP contribution in [0, 0.1) is 0 Å². The van der Waals surface area contributed by atoms with E-state index in [4.69, 9.17) is 5.11 Å². The molecule has 2 N–H and O–H groups in total. The van der Waals surface area contributed by atoms with Gasteiger partial charge in [0.1, 0.15) is 0 Å². The minimum Gasteiger partial charge on any atom is -0.481 e. The topological polar surface area (TPSA) is 66.4 Å². The first-order valence-electron chi connectivity index (χ1n) is 7.74. The van der Waals surface area contributed by atoms with Crippen molar-refractivity contribution in [2.45, 2.75) is 63.3 Å². The Kier molecular flexibility index (Phi) is 4.02. The number of carboxylic acids is 1. The molecule has 0 aromatic carbocycles. The summed E-state index contributed by atoms with van der Waals surface area (Å²) in [4.78, 5) is 25.7. The highest BCUT2D eigenvalue weighted by atomic mass is 32.1. The average molecular weight is 307 g/mol. The number of rotatable bonds is 4. The van der Waals surface area contributed by atoms with Crippen LogP contribution in [0.3, 0.4) is 0 Å². The van der Waals surface area contributed by atoms with Gasteiger partial charge >= 0.3 is 5.97 Å². The molecular formula is C16H21NO3S. The van der Waals surface area contributed by atoms with Gasteiger partial charge in [0.2, 0.25) is 0 Å². The highest BCUT2D eigenvalue weighted by molar-refractivity contribution is 7.14. The Labute approximate surface area is 128 Å². The first-order chi connectivity index (χ1) is 10.1. The van der Waals surface area contributed by atoms with Crippen molar-refractivity contribution in [3.63, 3.8) is 0 Å². The van der Waals surface area contributed by atoms with Gasteiger partial charge in [0.25, 0.3) is 5.91 Å². The first-order valence-corrected chi connectivity index (χ1v) is 8.56. The van der Waals surface area contributed by atoms with Crippen molar-refractivity contribution in [1.29, 1.82) is 0 Å². The maximum atomic E-state index is 12.5. The standard InChI is InChI=1S/C16H21NO3S/c18-14(19)10-16(7-2-1-3-8-16)17-15(20)13-9-11-5-4-6-12(11)21-13/h9H,1-8,10H2,(H,17,20)(H,18,19). The van der Waals surface area contributed by atoms with Gasteiger partial charge < -0.3 is 10.4 Å². The maximum absolute atomic E-state index is 12.5. The lowest BCUT2D eigenvalue weighted by Crippen LogP contribution is -2.51. The van der Waals surface area contributed by atoms with Crippen LogP contribution in [0.15, 0.2) is 6.07 Å². The summed E-state index contributed by atoms with van der Waals surface area (Å²) < 4.78 is 0. The van der Waals surface area contributed by atoms with Crippen LogP contribution in [-0.2, 0) is 17.6 Å². The second kappa shape index (κ2) is 5.79. The summed E-state index contributed by atoms with van der Waals surface area (Å²) in [5, 5.41) is 12.2. The molecule has 1 aromatic heterocycles. The van der Waals surface area contributed by atoms with Gasteiger partial charge in [-0.05, 0) is 43.7 Å². The highest BCUT2D eigenvalue weighted by Gasteiger charge is 2.36. The predicted octanol–water partition coefficient (Wildman–Crippen LogP) is 3.14. The number of nitrogens with one attached hydrogen (secondary N) is 1. The van der Waals surface area contributed by atoms with Crippen molar-refractivity contribution in [2.24, 2.45) is 0 Å². The molecule has 1 heterocycles. The highest BCUT2D eigenvalue weighted by Crippen LogP contribution is 2.34. The van der Waals surface area contributed by atoms with E-state index in [0.717, 1.165) is 49.8 Å². The monoisotopic (exact) mass is 307 g/mol. The normalized spacial score (nSPS) is 20.0. The van der Waals surface area contributed by atoms with E-state index >= 15 is 0 Å². The third-order valence-electron chi connectivity index (χ3n) is 4.65. The smallest absolute Gasteiger partial charge is 0.305 e. The van der Waals surface area contributed by atoms with Crippen molar-refractivity contribution < 1.29 is 14.7 Å². The molecule has 4 nitrogen and oxygen atoms in total. The van der Waals surface area contributed by atoms with E-state index in [9.17, 15) is 9.59 Å². The largest absolute Gasteiger partial charge is 0.481 e. The van der Waals surface area contributed by atoms with Crippen LogP contribution in [0.5, 0.6) is 0 Å². The van der Waals surface area contributed by atoms with Gasteiger partial charge in [-0.2, -0.15) is 0 Å². The molecule has 114 valence electrons. The fourth-order valence-electron chi connectivity index (χ4n) is 3.61. The number of carboxylic acid groups (broad SMARTS) is 1. The van der Waals surface area contributed by atoms with Gasteiger partial charge in [-0.3, -0.25) is 9.59 Å². The number of carbonyl (C=O) groups excluding carboxylic acids is 1. The summed E-state index contributed by atoms with van der Waals surface area (Å²) in [6.07, 6.45) is 8.03. The zero-order valence-electron chi connectivity index (χ0n) is 12.1. The molecule has 1 fully saturated rings. The summed E-state index contributed by atoms with van der Waals surface area (Å²) in [7, 11) is 0. The molecule has 0 aliphatic heterocycles. The number of hydrogen-bond donors (Lipinski definition) is 2. The molecule has 2 aliphatic rings. The number of aryl methyl sites for hydroxylation is 2. The lowest BCUT2D eigenvalue weighted by atomic mass is 9.79. The second-order valence-electron chi connectivity index (χ2n) is 6.28. The van der Waals surface area contributed by atoms with E-state index in [1.54, 1.807) is 11.3 Å². The van der Waals surface area contributed by atoms with Crippen LogP contribution in [0.1, 0.15) is 65.1 Å². The summed E-state index contributed by atoms with van der Waals surface area (Å²) in [5.74, 6) is -0.913. The second-order valence-corrected chi connectivity index (χ2v) is 7.41. The van der Waals surface area contributed by atoms with Crippen LogP contribution in [0.4, 0.5) is 0 Å². The van der Waals surface area contributed by atoms with E-state index in [2.05, 4.69) is 5.32 Å². The van der Waals surface area contributed by atoms with Crippen molar-refractivity contribution in [3.05, 3.63) is 21.4 Å². The van der Waals surface area contributed by atoms with Crippen LogP contribution in [0.2, 0.25) is 0 Å². The molecule has 21 heavy (non-hydrogen) atoms. The number of carbonyl (C=O) groups is 2. The minimum atomic E-state index is -0.828. The van der Waals surface area contributed by atoms with Gasteiger partial charge in [0.05, 0.1) is 16.8 Å². The van der Waals surface area contributed by atoms with E-state index < -0.39 is 11.5 Å². The summed E-state index contributed by atoms with van der Waals surface area (Å²) >= 11 is 1.58. The third kappa shape index (κ3) is 3.12. The van der Waals surface area contributed by atoms with E-state index in [1.807, 2.05) is 6.07 Å². The number of hydrogen-bond acceptors (Lipinski definition) is 3. The predicted molar refractivity (Wildman–Crippen MR) is 81.9 cm³/mol. The Hall–Kier alpha value is -1.36. The zero-order chi connectivity index (χ0) is 14.9. The maximum Gasteiger partial charge on any atom is 0.305 e. The van der Waals surface area contributed by atoms with Crippen molar-refractivity contribution in [3.8, 4) is 0 Å². The van der Waals surface area contributed by atoms with Crippen LogP contribution >= 0.6 is 11.3 Å². The molecule has 1 saturated carbocycles. The number of amides is 1. The molecular weight excluding hydrogens is 286 g/mol. The molecule has 1 aromatic rings. The summed E-state index contributed by atoms with van der Waals surface area (Å²) in [5.41, 5.74) is 0.761.